The monoisotopic (exact) mass is 298 g/mol. The number of carbonyl (C=O) groups excluding carboxylic acids is 1. The van der Waals surface area contributed by atoms with E-state index in [9.17, 15) is 19.8 Å². The molecule has 2 rings (SSSR count). The number of β-lactam (4-membered cyclic amide) rings is 1. The summed E-state index contributed by atoms with van der Waals surface area (Å²) in [7, 11) is 0. The fourth-order valence-corrected chi connectivity index (χ4v) is 3.83. The van der Waals surface area contributed by atoms with Gasteiger partial charge in [0.2, 0.25) is 5.91 Å². The molecule has 1 saturated heterocycles. The number of hydrogen-bond donors (Lipinski definition) is 3. The summed E-state index contributed by atoms with van der Waals surface area (Å²) in [5.74, 6) is -1.91. The minimum Gasteiger partial charge on any atom is -0.477 e. The molecule has 2 aliphatic heterocycles. The van der Waals surface area contributed by atoms with Gasteiger partial charge in [-0.15, -0.1) is 0 Å². The maximum absolute atomic E-state index is 12.0. The second kappa shape index (κ2) is 5.59. The molecule has 0 saturated carbocycles. The number of rotatable bonds is 5. The first-order valence-electron chi connectivity index (χ1n) is 6.40. The number of nitrogens with zero attached hydrogens (tertiary/aromatic N) is 1. The number of nitrogens with two attached hydrogens (primary N) is 1. The van der Waals surface area contributed by atoms with Crippen LogP contribution in [0.15, 0.2) is 21.6 Å². The number of thioether (sulfide) groups is 1. The molecule has 0 aromatic carbocycles. The molecule has 6 nitrogen and oxygen atoms in total. The van der Waals surface area contributed by atoms with Crippen LogP contribution in [-0.4, -0.2) is 45.7 Å². The maximum Gasteiger partial charge on any atom is 0.353 e. The van der Waals surface area contributed by atoms with Crippen molar-refractivity contribution in [1.29, 1.82) is 0 Å². The summed E-state index contributed by atoms with van der Waals surface area (Å²) in [5, 5.41) is 18.9. The molecule has 0 unspecified atom stereocenters. The zero-order valence-electron chi connectivity index (χ0n) is 11.4. The van der Waals surface area contributed by atoms with Gasteiger partial charge in [-0.1, -0.05) is 17.8 Å². The summed E-state index contributed by atoms with van der Waals surface area (Å²) in [6, 6.07) is -0.234. The van der Waals surface area contributed by atoms with Crippen molar-refractivity contribution in [1.82, 2.24) is 4.90 Å². The molecule has 0 aromatic heterocycles. The van der Waals surface area contributed by atoms with Crippen LogP contribution in [-0.2, 0) is 9.59 Å². The highest BCUT2D eigenvalue weighted by atomic mass is 32.2. The number of aliphatic hydroxyl groups excluding tert-OH is 1. The Kier molecular flexibility index (Phi) is 4.22. The van der Waals surface area contributed by atoms with Crippen LogP contribution < -0.4 is 5.73 Å². The van der Waals surface area contributed by atoms with E-state index in [0.29, 0.717) is 17.9 Å². The highest BCUT2D eigenvalue weighted by Crippen LogP contribution is 2.48. The molecule has 7 heteroatoms. The van der Waals surface area contributed by atoms with Gasteiger partial charge in [0, 0.05) is 17.9 Å². The normalized spacial score (nSPS) is 27.5. The van der Waals surface area contributed by atoms with Crippen LogP contribution in [0.4, 0.5) is 0 Å². The van der Waals surface area contributed by atoms with Gasteiger partial charge in [-0.25, -0.2) is 4.79 Å². The van der Waals surface area contributed by atoms with E-state index in [1.807, 2.05) is 6.92 Å². The largest absolute Gasteiger partial charge is 0.477 e. The Balaban J connectivity index is 2.26. The number of hydrogen-bond acceptors (Lipinski definition) is 5. The third kappa shape index (κ3) is 2.36. The number of carbonyl (C=O) groups is 2. The highest BCUT2D eigenvalue weighted by Gasteiger charge is 2.56. The molecule has 0 aromatic rings. The summed E-state index contributed by atoms with van der Waals surface area (Å²) in [6.45, 7) is 3.80. The van der Waals surface area contributed by atoms with Crippen LogP contribution in [0.1, 0.15) is 20.3 Å². The van der Waals surface area contributed by atoms with Gasteiger partial charge >= 0.3 is 5.97 Å². The highest BCUT2D eigenvalue weighted by molar-refractivity contribution is 8.06. The second-order valence-corrected chi connectivity index (χ2v) is 6.32. The van der Waals surface area contributed by atoms with E-state index in [2.05, 4.69) is 0 Å². The summed E-state index contributed by atoms with van der Waals surface area (Å²) >= 11 is 1.34. The summed E-state index contributed by atoms with van der Waals surface area (Å²) in [4.78, 5) is 26.2. The topological polar surface area (TPSA) is 104 Å². The molecule has 20 heavy (non-hydrogen) atoms. The van der Waals surface area contributed by atoms with Crippen molar-refractivity contribution >= 4 is 23.6 Å². The van der Waals surface area contributed by atoms with Gasteiger partial charge in [-0.3, -0.25) is 4.79 Å². The molecule has 2 aliphatic rings. The summed E-state index contributed by atoms with van der Waals surface area (Å²) < 4.78 is 0. The lowest BCUT2D eigenvalue weighted by atomic mass is 9.83. The van der Waals surface area contributed by atoms with E-state index in [4.69, 9.17) is 5.73 Å². The summed E-state index contributed by atoms with van der Waals surface area (Å²) in [6.07, 6.45) is 1.52. The van der Waals surface area contributed by atoms with Crippen molar-refractivity contribution in [3.8, 4) is 0 Å². The predicted octanol–water partition coefficient (Wildman–Crippen LogP) is 0.490. The average Bonchev–Trinajstić information content (AvgIpc) is 2.63. The molecule has 4 N–H and O–H groups in total. The second-order valence-electron chi connectivity index (χ2n) is 4.98. The Morgan fingerprint density at radius 3 is 2.80 bits per heavy atom. The minimum absolute atomic E-state index is 0.0478. The molecule has 0 bridgehead atoms. The predicted molar refractivity (Wildman–Crippen MR) is 75.5 cm³/mol. The third-order valence-electron chi connectivity index (χ3n) is 3.58. The number of carboxylic acid groups (broad SMARTS) is 1. The Labute approximate surface area is 121 Å². The van der Waals surface area contributed by atoms with Crippen molar-refractivity contribution in [2.24, 2.45) is 11.7 Å². The van der Waals surface area contributed by atoms with Gasteiger partial charge in [-0.05, 0) is 18.8 Å². The fourth-order valence-electron chi connectivity index (χ4n) is 2.72. The standard InChI is InChI=1S/C13H18N2O4S/c1-6(3-4-14)20-9-5-8-10(7(2)16)12(17)15(8)11(9)13(18)19/h3,7-8,10,16H,4-5,14H2,1-2H3,(H,18,19)/b6-3-/t7-,8-,10-/m1/s1. The molecular weight excluding hydrogens is 280 g/mol. The fraction of sp³-hybridized carbons (Fsp3) is 0.538. The summed E-state index contributed by atoms with van der Waals surface area (Å²) in [5.41, 5.74) is 5.48. The van der Waals surface area contributed by atoms with Gasteiger partial charge in [-0.2, -0.15) is 0 Å². The Morgan fingerprint density at radius 2 is 2.30 bits per heavy atom. The van der Waals surface area contributed by atoms with E-state index in [-0.39, 0.29) is 17.6 Å². The lowest BCUT2D eigenvalue weighted by Crippen LogP contribution is -2.61. The number of fused-ring (bicyclic) bond motifs is 1. The first-order valence-corrected chi connectivity index (χ1v) is 7.22. The molecule has 110 valence electrons. The van der Waals surface area contributed by atoms with Crippen LogP contribution in [0.2, 0.25) is 0 Å². The molecule has 1 amide bonds. The molecule has 0 aliphatic carbocycles. The number of aliphatic carboxylic acids is 1. The average molecular weight is 298 g/mol. The number of aliphatic hydroxyl groups is 1. The number of carboxylic acids is 1. The molecule has 3 atom stereocenters. The van der Waals surface area contributed by atoms with Gasteiger partial charge < -0.3 is 20.8 Å². The lowest BCUT2D eigenvalue weighted by molar-refractivity contribution is -0.161. The van der Waals surface area contributed by atoms with Crippen LogP contribution in [0.25, 0.3) is 0 Å². The molecule has 0 radical (unpaired) electrons. The quantitative estimate of drug-likeness (QED) is 0.638. The van der Waals surface area contributed by atoms with Crippen molar-refractivity contribution in [2.45, 2.75) is 32.4 Å². The van der Waals surface area contributed by atoms with E-state index in [1.54, 1.807) is 13.0 Å². The number of allylic oxidation sites excluding steroid dienone is 1. The first-order chi connectivity index (χ1) is 9.38. The molecule has 1 fully saturated rings. The lowest BCUT2D eigenvalue weighted by Gasteiger charge is -2.44. The molecular formula is C13H18N2O4S. The molecule has 2 heterocycles. The van der Waals surface area contributed by atoms with Crippen LogP contribution in [0.3, 0.4) is 0 Å². The van der Waals surface area contributed by atoms with Crippen LogP contribution in [0.5, 0.6) is 0 Å². The van der Waals surface area contributed by atoms with Crippen LogP contribution >= 0.6 is 11.8 Å². The Bertz CT molecular complexity index is 513. The van der Waals surface area contributed by atoms with Gasteiger partial charge in [0.25, 0.3) is 0 Å². The molecule has 0 spiro atoms. The first kappa shape index (κ1) is 15.1. The Morgan fingerprint density at radius 1 is 1.65 bits per heavy atom. The van der Waals surface area contributed by atoms with E-state index >= 15 is 0 Å². The number of amides is 1. The van der Waals surface area contributed by atoms with Gasteiger partial charge in [0.1, 0.15) is 5.70 Å². The van der Waals surface area contributed by atoms with Gasteiger partial charge in [0.05, 0.1) is 18.1 Å². The minimum atomic E-state index is -1.10. The Hall–Kier alpha value is -1.31. The van der Waals surface area contributed by atoms with Crippen molar-refractivity contribution in [3.63, 3.8) is 0 Å². The maximum atomic E-state index is 12.0. The zero-order chi connectivity index (χ0) is 15.0. The van der Waals surface area contributed by atoms with E-state index in [1.165, 1.54) is 16.7 Å². The van der Waals surface area contributed by atoms with Crippen LogP contribution in [0, 0.1) is 5.92 Å². The van der Waals surface area contributed by atoms with E-state index in [0.717, 1.165) is 4.91 Å². The van der Waals surface area contributed by atoms with Crippen molar-refractivity contribution in [3.05, 3.63) is 21.6 Å². The van der Waals surface area contributed by atoms with Gasteiger partial charge in [0.15, 0.2) is 0 Å². The van der Waals surface area contributed by atoms with E-state index < -0.39 is 18.0 Å². The SMILES string of the molecule is C/C(=C/CN)SC1=C(C(=O)O)N2C(=O)[C@H]([C@@H](C)O)[C@H]2C1. The third-order valence-corrected chi connectivity index (χ3v) is 4.68. The zero-order valence-corrected chi connectivity index (χ0v) is 12.2. The van der Waals surface area contributed by atoms with Crippen molar-refractivity contribution < 1.29 is 19.8 Å². The van der Waals surface area contributed by atoms with Crippen molar-refractivity contribution in [2.75, 3.05) is 6.54 Å². The smallest absolute Gasteiger partial charge is 0.353 e.